The predicted octanol–water partition coefficient (Wildman–Crippen LogP) is 13.5. The Bertz CT molecular complexity index is 1310. The molecule has 0 aliphatic carbocycles. The van der Waals surface area contributed by atoms with Crippen molar-refractivity contribution in [1.29, 1.82) is 0 Å². The Kier molecular flexibility index (Phi) is 40.3. The zero-order chi connectivity index (χ0) is 44.9. The smallest absolute Gasteiger partial charge is 0.362 e. The van der Waals surface area contributed by atoms with Gasteiger partial charge in [0.15, 0.2) is 12.1 Å². The summed E-state index contributed by atoms with van der Waals surface area (Å²) in [6.45, 7) is 4.42. The summed E-state index contributed by atoms with van der Waals surface area (Å²) in [5.74, 6) is -1.59. The van der Waals surface area contributed by atoms with Gasteiger partial charge in [-0.2, -0.15) is 0 Å². The number of hydrogen-bond acceptors (Lipinski definition) is 6. The molecule has 2 unspecified atom stereocenters. The highest BCUT2D eigenvalue weighted by atomic mass is 16.6. The van der Waals surface area contributed by atoms with Crippen LogP contribution >= 0.6 is 0 Å². The molecule has 8 nitrogen and oxygen atoms in total. The van der Waals surface area contributed by atoms with Gasteiger partial charge < -0.3 is 23.8 Å². The molecule has 0 aliphatic rings. The predicted molar refractivity (Wildman–Crippen MR) is 256 cm³/mol. The van der Waals surface area contributed by atoms with Crippen molar-refractivity contribution in [3.8, 4) is 0 Å². The summed E-state index contributed by atoms with van der Waals surface area (Å²) in [5.41, 5.74) is 0. The van der Waals surface area contributed by atoms with Crippen LogP contribution in [0, 0.1) is 0 Å². The number of nitrogens with zero attached hydrogens (tertiary/aromatic N) is 1. The van der Waals surface area contributed by atoms with Gasteiger partial charge in [-0.3, -0.25) is 9.59 Å². The molecule has 0 spiro atoms. The lowest BCUT2D eigenvalue weighted by molar-refractivity contribution is -0.887. The lowest BCUT2D eigenvalue weighted by atomic mass is 10.0. The van der Waals surface area contributed by atoms with Gasteiger partial charge in [0.25, 0.3) is 0 Å². The van der Waals surface area contributed by atoms with E-state index >= 15 is 0 Å². The van der Waals surface area contributed by atoms with Gasteiger partial charge in [-0.15, -0.1) is 0 Å². The fourth-order valence-electron chi connectivity index (χ4n) is 6.39. The topological polar surface area (TPSA) is 99.1 Å². The van der Waals surface area contributed by atoms with Gasteiger partial charge in [-0.1, -0.05) is 169 Å². The highest BCUT2D eigenvalue weighted by Gasteiger charge is 2.31. The third-order valence-corrected chi connectivity index (χ3v) is 9.99. The summed E-state index contributed by atoms with van der Waals surface area (Å²) in [6, 6.07) is -0.631. The first-order chi connectivity index (χ1) is 29.6. The quantitative estimate of drug-likeness (QED) is 0.0283. The molecule has 8 heteroatoms. The van der Waals surface area contributed by atoms with Crippen LogP contribution in [0.3, 0.4) is 0 Å². The minimum absolute atomic E-state index is 0.0315. The van der Waals surface area contributed by atoms with Crippen LogP contribution in [0.5, 0.6) is 0 Å². The number of hydrogen-bond donors (Lipinski definition) is 1. The molecule has 1 N–H and O–H groups in total. The molecule has 0 rings (SSSR count). The van der Waals surface area contributed by atoms with E-state index in [0.29, 0.717) is 19.3 Å². The van der Waals surface area contributed by atoms with Gasteiger partial charge in [0.05, 0.1) is 34.4 Å². The summed E-state index contributed by atoms with van der Waals surface area (Å²) >= 11 is 0. The SMILES string of the molecule is CC/C=C/C/C=C/C/C=C/C/C=C/C/C=C/CCC(=O)OCC(COCCC(C(=O)O)[N+](C)(C)C)OC(=O)CCCCCCCCCCCCC/C=C/C/C=C/C/C=C/CC. The molecule has 61 heavy (non-hydrogen) atoms. The molecule has 0 heterocycles. The molecule has 0 radical (unpaired) electrons. The molecule has 0 aromatic heterocycles. The number of unbranched alkanes of at least 4 members (excludes halogenated alkanes) is 11. The van der Waals surface area contributed by atoms with Crippen LogP contribution in [0.15, 0.2) is 97.2 Å². The minimum atomic E-state index is -0.888. The van der Waals surface area contributed by atoms with E-state index in [1.54, 1.807) is 0 Å². The van der Waals surface area contributed by atoms with E-state index in [9.17, 15) is 19.5 Å². The van der Waals surface area contributed by atoms with Crippen LogP contribution < -0.4 is 0 Å². The number of carbonyl (C=O) groups excluding carboxylic acids is 2. The van der Waals surface area contributed by atoms with Crippen LogP contribution in [-0.4, -0.2) is 80.6 Å². The second kappa shape index (κ2) is 42.9. The Morgan fingerprint density at radius 1 is 0.492 bits per heavy atom. The first kappa shape index (κ1) is 57.2. The minimum Gasteiger partial charge on any atom is -0.477 e. The second-order valence-corrected chi connectivity index (χ2v) is 16.6. The fourth-order valence-corrected chi connectivity index (χ4v) is 6.39. The van der Waals surface area contributed by atoms with Crippen molar-refractivity contribution in [2.24, 2.45) is 0 Å². The molecule has 0 fully saturated rings. The lowest BCUT2D eigenvalue weighted by Gasteiger charge is -2.31. The number of quaternary nitrogens is 1. The van der Waals surface area contributed by atoms with Crippen LogP contribution in [0.2, 0.25) is 0 Å². The van der Waals surface area contributed by atoms with Crippen LogP contribution in [0.4, 0.5) is 0 Å². The highest BCUT2D eigenvalue weighted by molar-refractivity contribution is 5.72. The number of esters is 2. The average molecular weight is 851 g/mol. The number of aliphatic carboxylic acids is 1. The maximum Gasteiger partial charge on any atom is 0.362 e. The van der Waals surface area contributed by atoms with Gasteiger partial charge in [-0.25, -0.2) is 4.79 Å². The Morgan fingerprint density at radius 2 is 0.902 bits per heavy atom. The van der Waals surface area contributed by atoms with Gasteiger partial charge >= 0.3 is 17.9 Å². The normalized spacial score (nSPS) is 13.8. The molecule has 2 atom stereocenters. The molecule has 0 amide bonds. The van der Waals surface area contributed by atoms with Crippen molar-refractivity contribution in [3.63, 3.8) is 0 Å². The first-order valence-corrected chi connectivity index (χ1v) is 23.8. The van der Waals surface area contributed by atoms with Gasteiger partial charge in [-0.05, 0) is 77.0 Å². The van der Waals surface area contributed by atoms with E-state index in [1.807, 2.05) is 33.3 Å². The van der Waals surface area contributed by atoms with E-state index in [0.717, 1.165) is 70.6 Å². The first-order valence-electron chi connectivity index (χ1n) is 23.8. The molecule has 0 bridgehead atoms. The summed E-state index contributed by atoms with van der Waals surface area (Å²) < 4.78 is 17.2. The molecule has 0 saturated carbocycles. The Balaban J connectivity index is 4.38. The number of likely N-dealkylation sites (N-methyl/N-ethyl adjacent to an activating group) is 1. The number of carboxylic acids is 1. The summed E-state index contributed by atoms with van der Waals surface area (Å²) in [6.07, 6.45) is 57.6. The number of allylic oxidation sites excluding steroid dienone is 16. The maximum atomic E-state index is 12.8. The Morgan fingerprint density at radius 3 is 1.34 bits per heavy atom. The van der Waals surface area contributed by atoms with E-state index < -0.39 is 18.1 Å². The molecule has 0 saturated heterocycles. The lowest BCUT2D eigenvalue weighted by Crippen LogP contribution is -2.50. The zero-order valence-electron chi connectivity index (χ0n) is 39.3. The van der Waals surface area contributed by atoms with E-state index in [2.05, 4.69) is 98.9 Å². The second-order valence-electron chi connectivity index (χ2n) is 16.6. The Hall–Kier alpha value is -3.75. The van der Waals surface area contributed by atoms with Crippen molar-refractivity contribution in [2.45, 2.75) is 180 Å². The van der Waals surface area contributed by atoms with E-state index in [4.69, 9.17) is 14.2 Å². The number of rotatable bonds is 41. The van der Waals surface area contributed by atoms with Gasteiger partial charge in [0.2, 0.25) is 0 Å². The van der Waals surface area contributed by atoms with Crippen molar-refractivity contribution in [3.05, 3.63) is 97.2 Å². The highest BCUT2D eigenvalue weighted by Crippen LogP contribution is 2.14. The maximum absolute atomic E-state index is 12.8. The van der Waals surface area contributed by atoms with Crippen LogP contribution in [0.25, 0.3) is 0 Å². The molecule has 346 valence electrons. The number of carbonyl (C=O) groups is 3. The Labute approximate surface area is 373 Å². The molecular weight excluding hydrogens is 763 g/mol. The average Bonchev–Trinajstić information content (AvgIpc) is 3.22. The summed E-state index contributed by atoms with van der Waals surface area (Å²) in [7, 11) is 5.50. The van der Waals surface area contributed by atoms with Crippen LogP contribution in [-0.2, 0) is 28.6 Å². The molecule has 0 aromatic carbocycles. The third-order valence-electron chi connectivity index (χ3n) is 9.99. The molecular formula is C53H88NO7+. The van der Waals surface area contributed by atoms with Gasteiger partial charge in [0, 0.05) is 19.3 Å². The van der Waals surface area contributed by atoms with Crippen molar-refractivity contribution >= 4 is 17.9 Å². The van der Waals surface area contributed by atoms with Gasteiger partial charge in [0.1, 0.15) is 6.61 Å². The standard InChI is InChI=1S/C53H87NO7/c1-6-8-10-12-14-16-18-20-22-24-25-26-27-28-30-32-34-36-38-40-42-44-52(56)61-49(47-59-46-45-50(53(57)58)54(3,4)5)48-60-51(55)43-41-39-37-35-33-31-29-23-21-19-17-15-13-11-9-7-2/h8-11,14-17,20-23,31,33,37,39,49-50H,6-7,12-13,18-19,24-30,32,34-36,38,40-48H2,1-5H3/p+1/b10-8+,11-9+,16-14+,17-15+,22-20+,23-21+,33-31+,39-37+. The monoisotopic (exact) mass is 851 g/mol. The summed E-state index contributed by atoms with van der Waals surface area (Å²) in [4.78, 5) is 37.0. The number of carboxylic acid groups (broad SMARTS) is 1. The summed E-state index contributed by atoms with van der Waals surface area (Å²) in [5, 5.41) is 9.64. The van der Waals surface area contributed by atoms with Crippen LogP contribution in [0.1, 0.15) is 168 Å². The zero-order valence-corrected chi connectivity index (χ0v) is 39.3. The third kappa shape index (κ3) is 41.4. The fraction of sp³-hybridized carbons (Fsp3) is 0.642. The number of ether oxygens (including phenoxy) is 3. The van der Waals surface area contributed by atoms with E-state index in [1.165, 1.54) is 57.8 Å². The molecule has 0 aliphatic heterocycles. The van der Waals surface area contributed by atoms with Crippen molar-refractivity contribution < 1.29 is 38.2 Å². The van der Waals surface area contributed by atoms with Crippen molar-refractivity contribution in [2.75, 3.05) is 41.0 Å². The largest absolute Gasteiger partial charge is 0.477 e. The molecule has 0 aromatic rings. The van der Waals surface area contributed by atoms with Crippen molar-refractivity contribution in [1.82, 2.24) is 0 Å². The van der Waals surface area contributed by atoms with E-state index in [-0.39, 0.29) is 42.7 Å².